The maximum Gasteiger partial charge on any atom is 0.282 e. The molecule has 8 heteroatoms. The second-order valence-electron chi connectivity index (χ2n) is 5.70. The molecule has 3 rings (SSSR count). The van der Waals surface area contributed by atoms with E-state index < -0.39 is 15.9 Å². The lowest BCUT2D eigenvalue weighted by Gasteiger charge is -2.08. The van der Waals surface area contributed by atoms with Crippen molar-refractivity contribution in [2.75, 3.05) is 0 Å². The molecule has 0 saturated carbocycles. The molecule has 1 amide bonds. The summed E-state index contributed by atoms with van der Waals surface area (Å²) in [5, 5.41) is 0. The Morgan fingerprint density at radius 2 is 1.76 bits per heavy atom. The van der Waals surface area contributed by atoms with Crippen molar-refractivity contribution < 1.29 is 13.2 Å². The number of hydrazine groups is 1. The molecule has 0 fully saturated rings. The Labute approximate surface area is 145 Å². The zero-order chi connectivity index (χ0) is 18.0. The minimum atomic E-state index is -3.83. The lowest BCUT2D eigenvalue weighted by Crippen LogP contribution is -2.41. The van der Waals surface area contributed by atoms with Crippen LogP contribution < -0.4 is 10.3 Å². The third-order valence-corrected chi connectivity index (χ3v) is 5.02. The summed E-state index contributed by atoms with van der Waals surface area (Å²) in [5.74, 6) is -0.564. The van der Waals surface area contributed by atoms with Gasteiger partial charge in [0, 0.05) is 6.20 Å². The summed E-state index contributed by atoms with van der Waals surface area (Å²) in [4.78, 5) is 20.5. The highest BCUT2D eigenvalue weighted by Gasteiger charge is 2.18. The predicted octanol–water partition coefficient (Wildman–Crippen LogP) is 2.25. The third kappa shape index (κ3) is 3.65. The fourth-order valence-corrected chi connectivity index (χ4v) is 3.23. The lowest BCUT2D eigenvalue weighted by molar-refractivity contribution is 0.0940. The van der Waals surface area contributed by atoms with Gasteiger partial charge in [0.25, 0.3) is 15.9 Å². The highest BCUT2D eigenvalue weighted by atomic mass is 32.2. The topological polar surface area (TPSA) is 107 Å². The summed E-state index contributed by atoms with van der Waals surface area (Å²) in [7, 11) is -3.83. The first-order valence-corrected chi connectivity index (χ1v) is 9.07. The van der Waals surface area contributed by atoms with Crippen LogP contribution in [-0.2, 0) is 10.0 Å². The van der Waals surface area contributed by atoms with Gasteiger partial charge in [0.2, 0.25) is 0 Å². The fraction of sp³-hybridized carbons (Fsp3) is 0.118. The van der Waals surface area contributed by atoms with Crippen molar-refractivity contribution >= 4 is 15.9 Å². The van der Waals surface area contributed by atoms with Gasteiger partial charge in [-0.1, -0.05) is 17.7 Å². The minimum absolute atomic E-state index is 0.0775. The number of sulfonamides is 1. The highest BCUT2D eigenvalue weighted by Crippen LogP contribution is 2.19. The molecular formula is C17H18N4O3S. The van der Waals surface area contributed by atoms with Crippen LogP contribution in [0.5, 0.6) is 0 Å². The molecule has 2 heterocycles. The van der Waals surface area contributed by atoms with Crippen molar-refractivity contribution in [2.24, 2.45) is 0 Å². The Morgan fingerprint density at radius 3 is 2.40 bits per heavy atom. The average Bonchev–Trinajstić information content (AvgIpc) is 3.22. The number of carbonyl (C=O) groups is 1. The van der Waals surface area contributed by atoms with Crippen LogP contribution in [0.15, 0.2) is 53.6 Å². The normalized spacial score (nSPS) is 11.4. The Balaban J connectivity index is 1.73. The molecule has 130 valence electrons. The van der Waals surface area contributed by atoms with Crippen molar-refractivity contribution in [3.05, 3.63) is 65.5 Å². The summed E-state index contributed by atoms with van der Waals surface area (Å²) in [6.45, 7) is 3.63. The second kappa shape index (κ2) is 6.58. The van der Waals surface area contributed by atoms with Gasteiger partial charge in [0.1, 0.15) is 5.69 Å². The number of amides is 1. The molecule has 25 heavy (non-hydrogen) atoms. The van der Waals surface area contributed by atoms with Crippen LogP contribution in [0, 0.1) is 13.8 Å². The highest BCUT2D eigenvalue weighted by molar-refractivity contribution is 7.89. The summed E-state index contributed by atoms with van der Waals surface area (Å²) in [6.07, 6.45) is 1.78. The number of hydrogen-bond acceptors (Lipinski definition) is 3. The number of aromatic nitrogens is 2. The maximum atomic E-state index is 12.3. The van der Waals surface area contributed by atoms with Gasteiger partial charge in [-0.25, -0.2) is 8.42 Å². The molecule has 2 aromatic heterocycles. The van der Waals surface area contributed by atoms with E-state index in [1.807, 2.05) is 25.1 Å². The van der Waals surface area contributed by atoms with E-state index in [1.165, 1.54) is 12.1 Å². The molecular weight excluding hydrogens is 340 g/mol. The Hall–Kier alpha value is -2.84. The Bertz CT molecular complexity index is 987. The van der Waals surface area contributed by atoms with Crippen LogP contribution >= 0.6 is 0 Å². The molecule has 7 nitrogen and oxygen atoms in total. The Kier molecular flexibility index (Phi) is 4.47. The second-order valence-corrected chi connectivity index (χ2v) is 7.38. The zero-order valence-electron chi connectivity index (χ0n) is 13.8. The van der Waals surface area contributed by atoms with Crippen LogP contribution in [0.2, 0.25) is 0 Å². The van der Waals surface area contributed by atoms with E-state index in [4.69, 9.17) is 0 Å². The summed E-state index contributed by atoms with van der Waals surface area (Å²) in [5.41, 5.74) is 5.75. The summed E-state index contributed by atoms with van der Waals surface area (Å²) < 4.78 is 24.4. The first kappa shape index (κ1) is 17.0. The third-order valence-electron chi connectivity index (χ3n) is 3.76. The van der Waals surface area contributed by atoms with Crippen molar-refractivity contribution in [2.45, 2.75) is 18.7 Å². The van der Waals surface area contributed by atoms with Crippen LogP contribution in [0.1, 0.15) is 21.6 Å². The van der Waals surface area contributed by atoms with E-state index in [2.05, 4.69) is 20.2 Å². The summed E-state index contributed by atoms with van der Waals surface area (Å²) >= 11 is 0. The molecule has 0 atom stereocenters. The minimum Gasteiger partial charge on any atom is -0.360 e. The first-order valence-electron chi connectivity index (χ1n) is 7.59. The van der Waals surface area contributed by atoms with Gasteiger partial charge in [-0.05, 0) is 49.7 Å². The number of carbonyl (C=O) groups excluding carboxylic acids is 1. The largest absolute Gasteiger partial charge is 0.360 e. The molecule has 0 aliphatic rings. The van der Waals surface area contributed by atoms with Gasteiger partial charge in [0.05, 0.1) is 16.3 Å². The van der Waals surface area contributed by atoms with Crippen LogP contribution in [0.25, 0.3) is 11.4 Å². The molecule has 0 aliphatic heterocycles. The van der Waals surface area contributed by atoms with Gasteiger partial charge in [-0.15, -0.1) is 4.83 Å². The molecule has 0 radical (unpaired) electrons. The predicted molar refractivity (Wildman–Crippen MR) is 94.3 cm³/mol. The van der Waals surface area contributed by atoms with E-state index in [1.54, 1.807) is 25.3 Å². The molecule has 0 spiro atoms. The lowest BCUT2D eigenvalue weighted by atomic mass is 10.2. The standard InChI is InChI=1S/C17H18N4O3S/c1-11-5-7-13(8-6-11)25(23,24)21-20-17(22)16-12(2)10-15(19-16)14-4-3-9-18-14/h3-10,18-19,21H,1-2H3,(H,20,22). The van der Waals surface area contributed by atoms with Crippen molar-refractivity contribution in [3.8, 4) is 11.4 Å². The first-order chi connectivity index (χ1) is 11.9. The van der Waals surface area contributed by atoms with Crippen LogP contribution in [0.4, 0.5) is 0 Å². The molecule has 0 aliphatic carbocycles. The quantitative estimate of drug-likeness (QED) is 0.526. The molecule has 0 unspecified atom stereocenters. The monoisotopic (exact) mass is 358 g/mol. The van der Waals surface area contributed by atoms with E-state index in [0.717, 1.165) is 17.0 Å². The molecule has 0 bridgehead atoms. The smallest absolute Gasteiger partial charge is 0.282 e. The number of benzene rings is 1. The number of rotatable bonds is 5. The zero-order valence-corrected chi connectivity index (χ0v) is 14.6. The number of hydrogen-bond donors (Lipinski definition) is 4. The van der Waals surface area contributed by atoms with Crippen LogP contribution in [0.3, 0.4) is 0 Å². The van der Waals surface area contributed by atoms with Crippen molar-refractivity contribution in [1.29, 1.82) is 0 Å². The maximum absolute atomic E-state index is 12.3. The number of nitrogens with one attached hydrogen (secondary N) is 4. The summed E-state index contributed by atoms with van der Waals surface area (Å²) in [6, 6.07) is 11.9. The van der Waals surface area contributed by atoms with E-state index in [-0.39, 0.29) is 10.6 Å². The number of H-pyrrole nitrogens is 2. The van der Waals surface area contributed by atoms with E-state index >= 15 is 0 Å². The van der Waals surface area contributed by atoms with E-state index in [0.29, 0.717) is 5.56 Å². The Morgan fingerprint density at radius 1 is 1.04 bits per heavy atom. The molecule has 0 saturated heterocycles. The molecule has 4 N–H and O–H groups in total. The van der Waals surface area contributed by atoms with Gasteiger partial charge in [0.15, 0.2) is 0 Å². The van der Waals surface area contributed by atoms with Crippen molar-refractivity contribution in [3.63, 3.8) is 0 Å². The fourth-order valence-electron chi connectivity index (χ4n) is 2.39. The van der Waals surface area contributed by atoms with Gasteiger partial charge in [-0.2, -0.15) is 0 Å². The van der Waals surface area contributed by atoms with E-state index in [9.17, 15) is 13.2 Å². The average molecular weight is 358 g/mol. The number of aryl methyl sites for hydroxylation is 2. The number of aromatic amines is 2. The van der Waals surface area contributed by atoms with Crippen LogP contribution in [-0.4, -0.2) is 24.3 Å². The van der Waals surface area contributed by atoms with Gasteiger partial charge in [-0.3, -0.25) is 10.2 Å². The van der Waals surface area contributed by atoms with Crippen molar-refractivity contribution in [1.82, 2.24) is 20.2 Å². The van der Waals surface area contributed by atoms with Gasteiger partial charge < -0.3 is 9.97 Å². The van der Waals surface area contributed by atoms with Gasteiger partial charge >= 0.3 is 0 Å². The SMILES string of the molecule is Cc1ccc(S(=O)(=O)NNC(=O)c2[nH]c(-c3ccc[nH]3)cc2C)cc1. The molecule has 1 aromatic carbocycles. The molecule has 3 aromatic rings.